The number of alkyl halides is 3. The Kier molecular flexibility index (Phi) is 8.11. The lowest BCUT2D eigenvalue weighted by molar-refractivity contribution is -0.140. The van der Waals surface area contributed by atoms with Gasteiger partial charge in [-0.3, -0.25) is 9.36 Å². The second-order valence-corrected chi connectivity index (χ2v) is 14.1. The normalized spacial score (nSPS) is 22.9. The molecule has 0 saturated carbocycles. The van der Waals surface area contributed by atoms with Crippen molar-refractivity contribution in [1.82, 2.24) is 19.4 Å². The van der Waals surface area contributed by atoms with Crippen LogP contribution in [0.5, 0.6) is 0 Å². The molecule has 7 rings (SSSR count). The van der Waals surface area contributed by atoms with Crippen LogP contribution in [0.25, 0.3) is 22.0 Å². The number of benzene rings is 2. The van der Waals surface area contributed by atoms with Crippen LogP contribution < -0.4 is 10.6 Å². The van der Waals surface area contributed by atoms with E-state index in [2.05, 4.69) is 16.5 Å². The summed E-state index contributed by atoms with van der Waals surface area (Å²) in [6, 6.07) is 2.67. The summed E-state index contributed by atoms with van der Waals surface area (Å²) in [5, 5.41) is 0.120. The zero-order valence-corrected chi connectivity index (χ0v) is 26.6. The highest BCUT2D eigenvalue weighted by atomic mass is 32.2. The Morgan fingerprint density at radius 2 is 1.89 bits per heavy atom. The number of carbonyl (C=O) groups excluding carboxylic acids is 1. The Morgan fingerprint density at radius 1 is 1.15 bits per heavy atom. The van der Waals surface area contributed by atoms with Gasteiger partial charge < -0.3 is 19.4 Å². The van der Waals surface area contributed by atoms with Crippen molar-refractivity contribution in [2.45, 2.75) is 42.9 Å². The molecule has 47 heavy (non-hydrogen) atoms. The van der Waals surface area contributed by atoms with Gasteiger partial charge in [-0.15, -0.1) is 11.8 Å². The first-order valence-corrected chi connectivity index (χ1v) is 16.6. The summed E-state index contributed by atoms with van der Waals surface area (Å²) in [6.07, 6.45) is -1.77. The second-order valence-electron chi connectivity index (χ2n) is 13.0. The molecule has 3 fully saturated rings. The van der Waals surface area contributed by atoms with E-state index in [1.54, 1.807) is 9.80 Å². The zero-order valence-electron chi connectivity index (χ0n) is 25.8. The summed E-state index contributed by atoms with van der Waals surface area (Å²) in [7, 11) is 0. The van der Waals surface area contributed by atoms with Gasteiger partial charge in [-0.1, -0.05) is 6.58 Å². The van der Waals surface area contributed by atoms with Gasteiger partial charge in [0.15, 0.2) is 0 Å². The molecular weight excluding hydrogens is 641 g/mol. The molecule has 1 amide bonds. The minimum atomic E-state index is -4.91. The van der Waals surface area contributed by atoms with Gasteiger partial charge in [0.05, 0.1) is 30.3 Å². The lowest BCUT2D eigenvalue weighted by atomic mass is 9.77. The summed E-state index contributed by atoms with van der Waals surface area (Å²) in [6.45, 7) is 9.72. The van der Waals surface area contributed by atoms with Gasteiger partial charge in [-0.25, -0.2) is 13.6 Å². The number of piperidine rings is 1. The molecule has 0 N–H and O–H groups in total. The largest absolute Gasteiger partial charge is 0.417 e. The van der Waals surface area contributed by atoms with E-state index < -0.39 is 46.2 Å². The summed E-state index contributed by atoms with van der Waals surface area (Å²) in [4.78, 5) is 36.5. The van der Waals surface area contributed by atoms with Gasteiger partial charge >= 0.3 is 11.9 Å². The van der Waals surface area contributed by atoms with Gasteiger partial charge in [-0.2, -0.15) is 18.2 Å². The molecule has 2 atom stereocenters. The van der Waals surface area contributed by atoms with Crippen molar-refractivity contribution in [3.8, 4) is 11.1 Å². The van der Waals surface area contributed by atoms with E-state index in [1.807, 2.05) is 6.92 Å². The molecule has 3 aromatic rings. The Bertz CT molecular complexity index is 1820. The fraction of sp³-hybridized carbons (Fsp3) is 0.485. The van der Waals surface area contributed by atoms with Gasteiger partial charge in [0.1, 0.15) is 17.5 Å². The first-order chi connectivity index (χ1) is 22.4. The summed E-state index contributed by atoms with van der Waals surface area (Å²) < 4.78 is 80.9. The molecule has 8 nitrogen and oxygen atoms in total. The minimum Gasteiger partial charge on any atom is -0.380 e. The average molecular weight is 676 g/mol. The Hall–Kier alpha value is -3.49. The van der Waals surface area contributed by atoms with Gasteiger partial charge in [0.2, 0.25) is 5.91 Å². The SMILES string of the molecule is C=CC(=O)N1CCN(c2nc(=O)n3c4c(c(-c5ccc(F)cc5F)c(C(F)(F)F)cc24)SCC3CN2CCC3(CC2)COC3)C(C)C1. The molecular formula is C33H34F5N5O3S. The van der Waals surface area contributed by atoms with E-state index in [9.17, 15) is 27.2 Å². The van der Waals surface area contributed by atoms with E-state index in [-0.39, 0.29) is 64.4 Å². The molecule has 1 aromatic heterocycles. The minimum absolute atomic E-state index is 0.0866. The van der Waals surface area contributed by atoms with E-state index in [0.29, 0.717) is 12.6 Å². The maximum Gasteiger partial charge on any atom is 0.417 e. The van der Waals surface area contributed by atoms with Crippen LogP contribution in [0.2, 0.25) is 0 Å². The van der Waals surface area contributed by atoms with Crippen molar-refractivity contribution >= 4 is 34.4 Å². The van der Waals surface area contributed by atoms with Crippen LogP contribution in [0.4, 0.5) is 27.8 Å². The molecule has 2 unspecified atom stereocenters. The molecule has 4 aliphatic heterocycles. The van der Waals surface area contributed by atoms with Crippen LogP contribution in [0.1, 0.15) is 31.4 Å². The maximum atomic E-state index is 15.3. The average Bonchev–Trinajstić information content (AvgIpc) is 3.02. The number of hydrogen-bond acceptors (Lipinski definition) is 7. The van der Waals surface area contributed by atoms with Crippen LogP contribution in [-0.2, 0) is 15.7 Å². The number of likely N-dealkylation sites (tertiary alicyclic amines) is 1. The van der Waals surface area contributed by atoms with Gasteiger partial charge in [0, 0.05) is 70.9 Å². The number of hydrogen-bond donors (Lipinski definition) is 0. The van der Waals surface area contributed by atoms with Crippen LogP contribution in [-0.4, -0.2) is 89.5 Å². The topological polar surface area (TPSA) is 70.9 Å². The molecule has 0 radical (unpaired) electrons. The van der Waals surface area contributed by atoms with Crippen molar-refractivity contribution in [3.63, 3.8) is 0 Å². The third kappa shape index (κ3) is 5.61. The Balaban J connectivity index is 1.40. The summed E-state index contributed by atoms with van der Waals surface area (Å²) in [5.74, 6) is -1.95. The van der Waals surface area contributed by atoms with E-state index in [1.165, 1.54) is 10.6 Å². The van der Waals surface area contributed by atoms with Crippen LogP contribution in [0, 0.1) is 17.0 Å². The molecule has 250 valence electrons. The van der Waals surface area contributed by atoms with Crippen molar-refractivity contribution in [3.05, 3.63) is 64.6 Å². The molecule has 5 heterocycles. The molecule has 3 saturated heterocycles. The lowest BCUT2D eigenvalue weighted by Crippen LogP contribution is -2.54. The number of thioether (sulfide) groups is 1. The zero-order chi connectivity index (χ0) is 33.2. The highest BCUT2D eigenvalue weighted by Gasteiger charge is 2.43. The monoisotopic (exact) mass is 675 g/mol. The first-order valence-electron chi connectivity index (χ1n) is 15.7. The number of amides is 1. The molecule has 4 aliphatic rings. The number of rotatable bonds is 5. The van der Waals surface area contributed by atoms with E-state index in [4.69, 9.17) is 4.74 Å². The van der Waals surface area contributed by atoms with Crippen molar-refractivity contribution in [2.24, 2.45) is 5.41 Å². The number of nitrogens with zero attached hydrogens (tertiary/aromatic N) is 5. The standard InChI is InChI=1S/C33H34F5N5O3S/c1-3-26(44)41-10-11-42(19(2)14-41)30-23-13-24(33(36,37)38)27(22-5-4-20(34)12-25(22)35)29-28(23)43(31(45)39-30)21(16-47-29)15-40-8-6-32(7-9-40)17-46-18-32/h3-5,12-13,19,21H,1,6-11,14-18H2,2H3. The third-order valence-electron chi connectivity index (χ3n) is 10.0. The predicted molar refractivity (Wildman–Crippen MR) is 169 cm³/mol. The van der Waals surface area contributed by atoms with Crippen LogP contribution in [0.15, 0.2) is 46.6 Å². The molecule has 0 bridgehead atoms. The van der Waals surface area contributed by atoms with Crippen molar-refractivity contribution < 1.29 is 31.5 Å². The maximum absolute atomic E-state index is 15.3. The third-order valence-corrected chi connectivity index (χ3v) is 11.3. The van der Waals surface area contributed by atoms with Crippen LogP contribution >= 0.6 is 11.8 Å². The van der Waals surface area contributed by atoms with E-state index in [0.717, 1.165) is 69.1 Å². The lowest BCUT2D eigenvalue weighted by Gasteiger charge is -2.48. The Morgan fingerprint density at radius 3 is 2.51 bits per heavy atom. The van der Waals surface area contributed by atoms with E-state index >= 15 is 4.39 Å². The number of piperazine rings is 1. The molecule has 1 spiro atoms. The highest BCUT2D eigenvalue weighted by Crippen LogP contribution is 2.50. The van der Waals surface area contributed by atoms with Crippen LogP contribution in [0.3, 0.4) is 0 Å². The summed E-state index contributed by atoms with van der Waals surface area (Å²) >= 11 is 1.15. The number of carbonyl (C=O) groups is 1. The molecule has 14 heteroatoms. The van der Waals surface area contributed by atoms with Crippen molar-refractivity contribution in [2.75, 3.05) is 63.1 Å². The molecule has 2 aromatic carbocycles. The number of halogens is 5. The smallest absolute Gasteiger partial charge is 0.380 e. The summed E-state index contributed by atoms with van der Waals surface area (Å²) in [5.41, 5.74) is -2.06. The van der Waals surface area contributed by atoms with Crippen molar-refractivity contribution in [1.29, 1.82) is 0 Å². The first kappa shape index (κ1) is 32.1. The molecule has 0 aliphatic carbocycles. The van der Waals surface area contributed by atoms with Gasteiger partial charge in [-0.05, 0) is 57.1 Å². The predicted octanol–water partition coefficient (Wildman–Crippen LogP) is 5.34. The quantitative estimate of drug-likeness (QED) is 0.267. The van der Waals surface area contributed by atoms with Gasteiger partial charge in [0.25, 0.3) is 0 Å². The fourth-order valence-corrected chi connectivity index (χ4v) is 8.74. The number of ether oxygens (including phenoxy) is 1. The number of aromatic nitrogens is 2. The Labute approximate surface area is 272 Å². The number of anilines is 1. The highest BCUT2D eigenvalue weighted by molar-refractivity contribution is 7.99. The fourth-order valence-electron chi connectivity index (χ4n) is 7.42. The second kappa shape index (κ2) is 11.9.